The first kappa shape index (κ1) is 17.2. The van der Waals surface area contributed by atoms with Crippen LogP contribution in [0, 0.1) is 10.9 Å². The van der Waals surface area contributed by atoms with Crippen LogP contribution in [0.4, 0.5) is 11.5 Å². The normalized spacial score (nSPS) is 10.5. The number of aromatic nitrogens is 1. The minimum Gasteiger partial charge on any atom is -0.497 e. The van der Waals surface area contributed by atoms with Crippen molar-refractivity contribution in [2.45, 2.75) is 6.92 Å². The number of anilines is 2. The molecule has 25 heavy (non-hydrogen) atoms. The number of methoxy groups -OCH3 is 1. The van der Waals surface area contributed by atoms with Crippen LogP contribution in [0.1, 0.15) is 15.2 Å². The topological polar surface area (TPSA) is 69.3 Å². The van der Waals surface area contributed by atoms with E-state index in [-0.39, 0.29) is 5.91 Å². The number of aryl methyl sites for hydroxylation is 1. The smallest absolute Gasteiger partial charge is 0.269 e. The van der Waals surface area contributed by atoms with Crippen molar-refractivity contribution in [3.05, 3.63) is 62.9 Å². The molecule has 0 aliphatic carbocycles. The van der Waals surface area contributed by atoms with Gasteiger partial charge in [0.25, 0.3) is 5.91 Å². The predicted molar refractivity (Wildman–Crippen MR) is 105 cm³/mol. The number of carbonyl (C=O) groups is 1. The molecular weight excluding hydrogens is 354 g/mol. The Morgan fingerprint density at radius 2 is 1.88 bits per heavy atom. The van der Waals surface area contributed by atoms with E-state index in [1.165, 1.54) is 11.3 Å². The van der Waals surface area contributed by atoms with Crippen LogP contribution in [-0.2, 0) is 0 Å². The van der Waals surface area contributed by atoms with Gasteiger partial charge in [-0.15, -0.1) is 0 Å². The molecule has 0 saturated heterocycles. The van der Waals surface area contributed by atoms with Crippen LogP contribution in [0.2, 0.25) is 0 Å². The highest BCUT2D eigenvalue weighted by molar-refractivity contribution is 7.73. The number of nitrogens with zero attached hydrogens (tertiary/aromatic N) is 1. The fourth-order valence-corrected chi connectivity index (χ4v) is 3.68. The molecule has 7 heteroatoms. The molecule has 0 bridgehead atoms. The minimum absolute atomic E-state index is 0.268. The molecule has 0 aliphatic rings. The maximum absolute atomic E-state index is 12.6. The highest BCUT2D eigenvalue weighted by atomic mass is 32.1. The molecule has 0 aliphatic heterocycles. The number of ether oxygens (including phenoxy) is 1. The number of nitrogens with one attached hydrogen (secondary N) is 1. The minimum atomic E-state index is -0.268. The molecule has 1 aromatic heterocycles. The Hall–Kier alpha value is -2.64. The molecule has 0 radical (unpaired) electrons. The van der Waals surface area contributed by atoms with Crippen LogP contribution < -0.4 is 15.8 Å². The van der Waals surface area contributed by atoms with Crippen LogP contribution in [-0.4, -0.2) is 17.6 Å². The van der Waals surface area contributed by atoms with Gasteiger partial charge < -0.3 is 15.8 Å². The molecule has 1 amide bonds. The fraction of sp³-hybridized carbons (Fsp3) is 0.111. The van der Waals surface area contributed by atoms with E-state index in [1.807, 2.05) is 55.5 Å². The van der Waals surface area contributed by atoms with Gasteiger partial charge in [0.2, 0.25) is 0 Å². The number of hydrogen-bond donors (Lipinski definition) is 2. The molecule has 0 saturated carbocycles. The molecule has 3 aromatic rings. The lowest BCUT2D eigenvalue weighted by molar-refractivity contribution is 0.103. The standard InChI is InChI=1S/C18H17N3O2S2/c1-11-5-3-4-6-14(11)20-17(22)15-16(19)21(18(24)25-15)12-7-9-13(23-2)10-8-12/h3-10H,19H2,1-2H3,(H,20,22). The molecule has 3 rings (SSSR count). The average molecular weight is 371 g/mol. The fourth-order valence-electron chi connectivity index (χ4n) is 2.42. The van der Waals surface area contributed by atoms with Gasteiger partial charge in [-0.1, -0.05) is 29.5 Å². The third kappa shape index (κ3) is 3.42. The number of hydrogen-bond acceptors (Lipinski definition) is 5. The van der Waals surface area contributed by atoms with E-state index < -0.39 is 0 Å². The van der Waals surface area contributed by atoms with Crippen molar-refractivity contribution < 1.29 is 9.53 Å². The highest BCUT2D eigenvalue weighted by Crippen LogP contribution is 2.28. The van der Waals surface area contributed by atoms with Crippen molar-refractivity contribution in [1.29, 1.82) is 0 Å². The largest absolute Gasteiger partial charge is 0.497 e. The second kappa shape index (κ2) is 7.08. The summed E-state index contributed by atoms with van der Waals surface area (Å²) in [6.45, 7) is 1.93. The summed E-state index contributed by atoms with van der Waals surface area (Å²) in [5.74, 6) is 0.794. The molecule has 5 nitrogen and oxygen atoms in total. The van der Waals surface area contributed by atoms with E-state index in [9.17, 15) is 4.79 Å². The van der Waals surface area contributed by atoms with Gasteiger partial charge in [0.05, 0.1) is 7.11 Å². The van der Waals surface area contributed by atoms with Gasteiger partial charge in [0.1, 0.15) is 16.4 Å². The zero-order valence-corrected chi connectivity index (χ0v) is 15.4. The van der Waals surface area contributed by atoms with E-state index in [4.69, 9.17) is 22.7 Å². The van der Waals surface area contributed by atoms with Gasteiger partial charge in [-0.2, -0.15) is 0 Å². The Kier molecular flexibility index (Phi) is 4.87. The third-order valence-electron chi connectivity index (χ3n) is 3.78. The van der Waals surface area contributed by atoms with Crippen LogP contribution in [0.5, 0.6) is 5.75 Å². The SMILES string of the molecule is COc1ccc(-n2c(N)c(C(=O)Nc3ccccc3C)sc2=S)cc1. The Morgan fingerprint density at radius 3 is 2.52 bits per heavy atom. The van der Waals surface area contributed by atoms with Crippen LogP contribution in [0.15, 0.2) is 48.5 Å². The van der Waals surface area contributed by atoms with Crippen LogP contribution in [0.3, 0.4) is 0 Å². The number of para-hydroxylation sites is 1. The Bertz CT molecular complexity index is 975. The molecule has 3 N–H and O–H groups in total. The van der Waals surface area contributed by atoms with Crippen molar-refractivity contribution in [1.82, 2.24) is 4.57 Å². The summed E-state index contributed by atoms with van der Waals surface area (Å²) in [4.78, 5) is 13.0. The number of amides is 1. The van der Waals surface area contributed by atoms with E-state index >= 15 is 0 Å². The van der Waals surface area contributed by atoms with Crippen LogP contribution in [0.25, 0.3) is 5.69 Å². The number of thiazole rings is 1. The zero-order chi connectivity index (χ0) is 18.0. The first-order valence-electron chi connectivity index (χ1n) is 7.54. The third-order valence-corrected chi connectivity index (χ3v) is 5.16. The molecule has 128 valence electrons. The van der Waals surface area contributed by atoms with E-state index in [2.05, 4.69) is 5.32 Å². The van der Waals surface area contributed by atoms with Gasteiger partial charge in [-0.3, -0.25) is 9.36 Å². The summed E-state index contributed by atoms with van der Waals surface area (Å²) in [5, 5.41) is 2.89. The summed E-state index contributed by atoms with van der Waals surface area (Å²) in [6.07, 6.45) is 0. The Labute approximate surface area is 154 Å². The Balaban J connectivity index is 1.95. The lowest BCUT2D eigenvalue weighted by atomic mass is 10.2. The molecule has 1 heterocycles. The summed E-state index contributed by atoms with van der Waals surface area (Å²) < 4.78 is 7.36. The van der Waals surface area contributed by atoms with Gasteiger partial charge >= 0.3 is 0 Å². The summed E-state index contributed by atoms with van der Waals surface area (Å²) in [5.41, 5.74) is 8.73. The number of benzene rings is 2. The highest BCUT2D eigenvalue weighted by Gasteiger charge is 2.18. The summed E-state index contributed by atoms with van der Waals surface area (Å²) in [7, 11) is 1.60. The molecule has 0 atom stereocenters. The summed E-state index contributed by atoms with van der Waals surface area (Å²) in [6, 6.07) is 14.9. The number of carbonyl (C=O) groups excluding carboxylic acids is 1. The first-order valence-corrected chi connectivity index (χ1v) is 8.76. The number of nitrogen functional groups attached to an aromatic ring is 1. The molecule has 2 aromatic carbocycles. The van der Waals surface area contributed by atoms with Crippen molar-refractivity contribution >= 4 is 41.0 Å². The molecule has 0 spiro atoms. The van der Waals surface area contributed by atoms with E-state index in [1.54, 1.807) is 11.7 Å². The lowest BCUT2D eigenvalue weighted by Crippen LogP contribution is -2.14. The van der Waals surface area contributed by atoms with Crippen molar-refractivity contribution in [2.75, 3.05) is 18.2 Å². The van der Waals surface area contributed by atoms with Gasteiger partial charge in [-0.25, -0.2) is 0 Å². The van der Waals surface area contributed by atoms with Crippen LogP contribution >= 0.6 is 23.6 Å². The number of nitrogens with two attached hydrogens (primary N) is 1. The van der Waals surface area contributed by atoms with E-state index in [0.29, 0.717) is 14.6 Å². The molecular formula is C18H17N3O2S2. The second-order valence-electron chi connectivity index (χ2n) is 5.38. The van der Waals surface area contributed by atoms with Gasteiger partial charge in [0.15, 0.2) is 3.95 Å². The molecule has 0 unspecified atom stereocenters. The van der Waals surface area contributed by atoms with Gasteiger partial charge in [0, 0.05) is 11.4 Å². The Morgan fingerprint density at radius 1 is 1.20 bits per heavy atom. The monoisotopic (exact) mass is 371 g/mol. The van der Waals surface area contributed by atoms with Gasteiger partial charge in [-0.05, 0) is 55.0 Å². The molecule has 0 fully saturated rings. The van der Waals surface area contributed by atoms with Crippen molar-refractivity contribution in [3.8, 4) is 11.4 Å². The number of rotatable bonds is 4. The van der Waals surface area contributed by atoms with Crippen molar-refractivity contribution in [2.24, 2.45) is 0 Å². The predicted octanol–water partition coefficient (Wildman–Crippen LogP) is 4.42. The second-order valence-corrected chi connectivity index (χ2v) is 7.03. The zero-order valence-electron chi connectivity index (χ0n) is 13.8. The average Bonchev–Trinajstić information content (AvgIpc) is 2.91. The van der Waals surface area contributed by atoms with E-state index in [0.717, 1.165) is 22.7 Å². The quantitative estimate of drug-likeness (QED) is 0.666. The maximum Gasteiger partial charge on any atom is 0.269 e. The first-order chi connectivity index (χ1) is 12.0. The van der Waals surface area contributed by atoms with Crippen molar-refractivity contribution in [3.63, 3.8) is 0 Å². The summed E-state index contributed by atoms with van der Waals surface area (Å²) >= 11 is 6.59. The lowest BCUT2D eigenvalue weighted by Gasteiger charge is -2.09. The maximum atomic E-state index is 12.6.